The van der Waals surface area contributed by atoms with Gasteiger partial charge in [0.2, 0.25) is 6.10 Å². The summed E-state index contributed by atoms with van der Waals surface area (Å²) < 4.78 is 52.8. The predicted molar refractivity (Wildman–Crippen MR) is 111 cm³/mol. The Hall–Kier alpha value is -2.65. The molecule has 0 N–H and O–H groups in total. The molecule has 4 rings (SSSR count). The summed E-state index contributed by atoms with van der Waals surface area (Å²) >= 11 is 6.06. The minimum absolute atomic E-state index is 0.115. The molecular weight excluding hydrogens is 450 g/mol. The Morgan fingerprint density at radius 3 is 2.53 bits per heavy atom. The van der Waals surface area contributed by atoms with Crippen molar-refractivity contribution in [3.63, 3.8) is 0 Å². The molecule has 1 atom stereocenters. The molecule has 1 unspecified atom stereocenters. The van der Waals surface area contributed by atoms with Crippen LogP contribution in [0.3, 0.4) is 0 Å². The first-order chi connectivity index (χ1) is 15.2. The normalized spacial score (nSPS) is 19.6. The number of carbonyl (C=O) groups is 1. The summed E-state index contributed by atoms with van der Waals surface area (Å²) in [5.74, 6) is -0.786. The Balaban J connectivity index is 1.31. The smallest absolute Gasteiger partial charge is 0.382 e. The highest BCUT2D eigenvalue weighted by Crippen LogP contribution is 2.30. The number of benzene rings is 2. The Labute approximate surface area is 187 Å². The van der Waals surface area contributed by atoms with E-state index in [0.29, 0.717) is 38.3 Å². The van der Waals surface area contributed by atoms with Gasteiger partial charge in [0.05, 0.1) is 21.9 Å². The van der Waals surface area contributed by atoms with Gasteiger partial charge in [0, 0.05) is 39.1 Å². The van der Waals surface area contributed by atoms with Crippen molar-refractivity contribution in [3.05, 3.63) is 70.0 Å². The average Bonchev–Trinajstić information content (AvgIpc) is 3.23. The highest BCUT2D eigenvalue weighted by Gasteiger charge is 2.35. The van der Waals surface area contributed by atoms with Gasteiger partial charge in [-0.3, -0.25) is 9.69 Å². The van der Waals surface area contributed by atoms with Gasteiger partial charge in [0.1, 0.15) is 5.82 Å². The second kappa shape index (κ2) is 9.07. The number of hydrogen-bond acceptors (Lipinski definition) is 4. The van der Waals surface area contributed by atoms with Crippen molar-refractivity contribution in [2.24, 2.45) is 5.16 Å². The van der Waals surface area contributed by atoms with Crippen molar-refractivity contribution in [2.45, 2.75) is 25.2 Å². The number of hydrogen-bond donors (Lipinski definition) is 0. The van der Waals surface area contributed by atoms with Crippen molar-refractivity contribution < 1.29 is 27.2 Å². The van der Waals surface area contributed by atoms with Crippen LogP contribution in [-0.2, 0) is 22.4 Å². The number of piperazine rings is 1. The Bertz CT molecular complexity index is 1020. The van der Waals surface area contributed by atoms with Crippen molar-refractivity contribution in [3.8, 4) is 0 Å². The third kappa shape index (κ3) is 4.88. The second-order valence-electron chi connectivity index (χ2n) is 7.73. The molecule has 0 aromatic heterocycles. The van der Waals surface area contributed by atoms with Crippen LogP contribution in [0, 0.1) is 5.82 Å². The van der Waals surface area contributed by atoms with Gasteiger partial charge in [-0.15, -0.1) is 0 Å². The number of rotatable bonds is 4. The molecule has 10 heteroatoms. The van der Waals surface area contributed by atoms with Crippen molar-refractivity contribution in [2.75, 3.05) is 26.2 Å². The van der Waals surface area contributed by atoms with Gasteiger partial charge in [0.15, 0.2) is 0 Å². The van der Waals surface area contributed by atoms with Crippen LogP contribution < -0.4 is 0 Å². The monoisotopic (exact) mass is 469 g/mol. The van der Waals surface area contributed by atoms with Crippen molar-refractivity contribution >= 4 is 23.2 Å². The molecule has 170 valence electrons. The van der Waals surface area contributed by atoms with Crippen LogP contribution in [0.15, 0.2) is 47.6 Å². The van der Waals surface area contributed by atoms with Crippen LogP contribution in [0.25, 0.3) is 0 Å². The minimum Gasteiger partial charge on any atom is -0.382 e. The highest BCUT2D eigenvalue weighted by atomic mass is 35.5. The lowest BCUT2D eigenvalue weighted by atomic mass is 10.0. The fourth-order valence-electron chi connectivity index (χ4n) is 3.87. The maximum Gasteiger partial charge on any atom is 0.416 e. The van der Waals surface area contributed by atoms with E-state index < -0.39 is 23.7 Å². The van der Waals surface area contributed by atoms with E-state index in [1.807, 2.05) is 4.90 Å². The summed E-state index contributed by atoms with van der Waals surface area (Å²) in [6.45, 7) is 2.22. The molecule has 1 amide bonds. The largest absolute Gasteiger partial charge is 0.416 e. The zero-order chi connectivity index (χ0) is 22.9. The van der Waals surface area contributed by atoms with Gasteiger partial charge < -0.3 is 9.74 Å². The lowest BCUT2D eigenvalue weighted by Crippen LogP contribution is -2.51. The summed E-state index contributed by atoms with van der Waals surface area (Å²) in [6.07, 6.45) is -5.11. The molecule has 1 saturated heterocycles. The van der Waals surface area contributed by atoms with E-state index in [-0.39, 0.29) is 28.6 Å². The minimum atomic E-state index is -4.38. The van der Waals surface area contributed by atoms with E-state index in [1.165, 1.54) is 18.2 Å². The van der Waals surface area contributed by atoms with Crippen LogP contribution in [0.4, 0.5) is 17.6 Å². The summed E-state index contributed by atoms with van der Waals surface area (Å²) in [7, 11) is 0. The number of oxime groups is 1. The third-order valence-electron chi connectivity index (χ3n) is 5.54. The fourth-order valence-corrected chi connectivity index (χ4v) is 4.14. The zero-order valence-corrected chi connectivity index (χ0v) is 17.7. The molecule has 2 aromatic rings. The van der Waals surface area contributed by atoms with E-state index in [0.717, 1.165) is 12.1 Å². The van der Waals surface area contributed by atoms with Crippen LogP contribution in [0.1, 0.15) is 23.1 Å². The highest BCUT2D eigenvalue weighted by molar-refractivity contribution is 6.34. The topological polar surface area (TPSA) is 45.1 Å². The molecule has 1 fully saturated rings. The molecule has 2 heterocycles. The van der Waals surface area contributed by atoms with E-state index in [4.69, 9.17) is 16.4 Å². The quantitative estimate of drug-likeness (QED) is 0.626. The van der Waals surface area contributed by atoms with Crippen molar-refractivity contribution in [1.29, 1.82) is 0 Å². The van der Waals surface area contributed by atoms with Crippen molar-refractivity contribution in [1.82, 2.24) is 9.80 Å². The standard InChI is InChI=1S/C22H20ClF4N3O2/c23-16-5-2-6-17(24)20(16)18-12-19(32-28-18)21(31)30-9-7-29(8-10-30)13-14-3-1-4-15(11-14)22(25,26)27/h1-6,11,19H,7-10,12-13H2. The second-order valence-corrected chi connectivity index (χ2v) is 8.14. The molecule has 0 radical (unpaired) electrons. The Morgan fingerprint density at radius 2 is 1.84 bits per heavy atom. The number of nitrogens with zero attached hydrogens (tertiary/aromatic N) is 3. The van der Waals surface area contributed by atoms with Gasteiger partial charge >= 0.3 is 6.18 Å². The van der Waals surface area contributed by atoms with E-state index in [2.05, 4.69) is 5.16 Å². The van der Waals surface area contributed by atoms with E-state index in [9.17, 15) is 22.4 Å². The van der Waals surface area contributed by atoms with Crippen LogP contribution in [0.2, 0.25) is 5.02 Å². The molecule has 2 aliphatic heterocycles. The number of carbonyl (C=O) groups excluding carboxylic acids is 1. The van der Waals surface area contributed by atoms with Crippen LogP contribution in [-0.4, -0.2) is 53.7 Å². The molecule has 0 saturated carbocycles. The van der Waals surface area contributed by atoms with Gasteiger partial charge in [-0.2, -0.15) is 13.2 Å². The van der Waals surface area contributed by atoms with Gasteiger partial charge in [0.25, 0.3) is 5.91 Å². The molecule has 5 nitrogen and oxygen atoms in total. The van der Waals surface area contributed by atoms with Crippen LogP contribution >= 0.6 is 11.6 Å². The molecule has 2 aliphatic rings. The summed E-state index contributed by atoms with van der Waals surface area (Å²) in [5.41, 5.74) is 0.316. The molecule has 2 aromatic carbocycles. The summed E-state index contributed by atoms with van der Waals surface area (Å²) in [5, 5.41) is 4.06. The Morgan fingerprint density at radius 1 is 1.12 bits per heavy atom. The van der Waals surface area contributed by atoms with Gasteiger partial charge in [-0.1, -0.05) is 41.0 Å². The maximum absolute atomic E-state index is 14.1. The lowest BCUT2D eigenvalue weighted by Gasteiger charge is -2.35. The number of halogens is 5. The third-order valence-corrected chi connectivity index (χ3v) is 5.86. The summed E-state index contributed by atoms with van der Waals surface area (Å²) in [4.78, 5) is 21.7. The maximum atomic E-state index is 14.1. The number of amides is 1. The first kappa shape index (κ1) is 22.5. The molecular formula is C22H20ClF4N3O2. The molecule has 0 spiro atoms. The number of alkyl halides is 3. The fraction of sp³-hybridized carbons (Fsp3) is 0.364. The lowest BCUT2D eigenvalue weighted by molar-refractivity contribution is -0.144. The SMILES string of the molecule is O=C(C1CC(c2c(F)cccc2Cl)=NO1)N1CCN(Cc2cccc(C(F)(F)F)c2)CC1. The van der Waals surface area contributed by atoms with Gasteiger partial charge in [-0.05, 0) is 23.8 Å². The average molecular weight is 470 g/mol. The van der Waals surface area contributed by atoms with E-state index >= 15 is 0 Å². The first-order valence-electron chi connectivity index (χ1n) is 10.1. The summed E-state index contributed by atoms with van der Waals surface area (Å²) in [6, 6.07) is 9.55. The molecule has 0 bridgehead atoms. The Kier molecular flexibility index (Phi) is 6.39. The predicted octanol–water partition coefficient (Wildman–Crippen LogP) is 4.34. The zero-order valence-electron chi connectivity index (χ0n) is 16.9. The molecule has 0 aliphatic carbocycles. The van der Waals surface area contributed by atoms with Gasteiger partial charge in [-0.25, -0.2) is 4.39 Å². The van der Waals surface area contributed by atoms with Crippen LogP contribution in [0.5, 0.6) is 0 Å². The first-order valence-corrected chi connectivity index (χ1v) is 10.4. The molecule has 32 heavy (non-hydrogen) atoms. The van der Waals surface area contributed by atoms with E-state index in [1.54, 1.807) is 17.0 Å².